The van der Waals surface area contributed by atoms with Gasteiger partial charge < -0.3 is 10.1 Å². The van der Waals surface area contributed by atoms with Crippen LogP contribution in [0.1, 0.15) is 11.1 Å². The quantitative estimate of drug-likeness (QED) is 0.707. The number of methoxy groups -OCH3 is 1. The third-order valence-electron chi connectivity index (χ3n) is 3.75. The molecule has 26 heavy (non-hydrogen) atoms. The second-order valence-corrected chi connectivity index (χ2v) is 5.73. The highest BCUT2D eigenvalue weighted by Gasteiger charge is 2.04. The van der Waals surface area contributed by atoms with Crippen LogP contribution < -0.4 is 10.1 Å². The van der Waals surface area contributed by atoms with Crippen molar-refractivity contribution in [1.29, 1.82) is 0 Å². The van der Waals surface area contributed by atoms with E-state index in [2.05, 4.69) is 15.3 Å². The molecule has 0 saturated heterocycles. The maximum Gasteiger partial charge on any atom is 0.248 e. The molecule has 0 saturated carbocycles. The Hall–Kier alpha value is -3.47. The number of nitrogens with one attached hydrogen (secondary N) is 1. The van der Waals surface area contributed by atoms with Crippen molar-refractivity contribution < 1.29 is 9.53 Å². The smallest absolute Gasteiger partial charge is 0.248 e. The first-order valence-electron chi connectivity index (χ1n) is 8.17. The normalized spacial score (nSPS) is 10.7. The highest BCUT2D eigenvalue weighted by atomic mass is 16.5. The van der Waals surface area contributed by atoms with E-state index in [1.54, 1.807) is 25.6 Å². The number of aryl methyl sites for hydroxylation is 1. The first-order valence-corrected chi connectivity index (χ1v) is 8.17. The highest BCUT2D eigenvalue weighted by molar-refractivity contribution is 6.02. The highest BCUT2D eigenvalue weighted by Crippen LogP contribution is 2.21. The lowest BCUT2D eigenvalue weighted by Gasteiger charge is -2.06. The first kappa shape index (κ1) is 17.4. The lowest BCUT2D eigenvalue weighted by atomic mass is 10.1. The molecule has 130 valence electrons. The Bertz CT molecular complexity index is 920. The Balaban J connectivity index is 1.68. The van der Waals surface area contributed by atoms with Crippen molar-refractivity contribution in [1.82, 2.24) is 9.97 Å². The maximum absolute atomic E-state index is 12.1. The average molecular weight is 345 g/mol. The predicted molar refractivity (Wildman–Crippen MR) is 103 cm³/mol. The van der Waals surface area contributed by atoms with E-state index in [1.165, 1.54) is 6.08 Å². The summed E-state index contributed by atoms with van der Waals surface area (Å²) >= 11 is 0. The molecule has 0 spiro atoms. The Morgan fingerprint density at radius 2 is 1.81 bits per heavy atom. The van der Waals surface area contributed by atoms with E-state index in [0.717, 1.165) is 22.4 Å². The van der Waals surface area contributed by atoms with Gasteiger partial charge in [0.05, 0.1) is 25.2 Å². The van der Waals surface area contributed by atoms with Crippen LogP contribution in [-0.4, -0.2) is 23.0 Å². The van der Waals surface area contributed by atoms with Crippen molar-refractivity contribution in [3.05, 3.63) is 78.1 Å². The van der Waals surface area contributed by atoms with Crippen molar-refractivity contribution >= 4 is 17.7 Å². The van der Waals surface area contributed by atoms with Crippen LogP contribution in [0.2, 0.25) is 0 Å². The van der Waals surface area contributed by atoms with Crippen LogP contribution >= 0.6 is 0 Å². The second kappa shape index (κ2) is 8.07. The number of aromatic nitrogens is 2. The van der Waals surface area contributed by atoms with E-state index in [1.807, 2.05) is 55.5 Å². The zero-order chi connectivity index (χ0) is 18.4. The summed E-state index contributed by atoms with van der Waals surface area (Å²) in [7, 11) is 1.60. The number of hydrogen-bond acceptors (Lipinski definition) is 4. The molecule has 1 N–H and O–H groups in total. The van der Waals surface area contributed by atoms with Crippen molar-refractivity contribution in [2.24, 2.45) is 0 Å². The van der Waals surface area contributed by atoms with E-state index in [4.69, 9.17) is 4.74 Å². The van der Waals surface area contributed by atoms with Gasteiger partial charge in [-0.3, -0.25) is 4.79 Å². The van der Waals surface area contributed by atoms with Crippen molar-refractivity contribution in [3.8, 4) is 17.1 Å². The molecule has 0 fully saturated rings. The summed E-state index contributed by atoms with van der Waals surface area (Å²) in [6.07, 6.45) is 6.37. The van der Waals surface area contributed by atoms with Gasteiger partial charge in [0.2, 0.25) is 5.91 Å². The Kier molecular flexibility index (Phi) is 5.39. The molecular weight excluding hydrogens is 326 g/mol. The van der Waals surface area contributed by atoms with Crippen LogP contribution in [0.4, 0.5) is 5.69 Å². The van der Waals surface area contributed by atoms with E-state index in [-0.39, 0.29) is 5.91 Å². The van der Waals surface area contributed by atoms with E-state index >= 15 is 0 Å². The summed E-state index contributed by atoms with van der Waals surface area (Å²) in [5, 5.41) is 2.75. The molecule has 1 amide bonds. The van der Waals surface area contributed by atoms with E-state index < -0.39 is 0 Å². The number of benzene rings is 2. The Morgan fingerprint density at radius 1 is 1.08 bits per heavy atom. The molecule has 2 aromatic carbocycles. The molecule has 0 aliphatic heterocycles. The van der Waals surface area contributed by atoms with Gasteiger partial charge in [0.1, 0.15) is 5.75 Å². The molecule has 5 heteroatoms. The molecule has 1 heterocycles. The fourth-order valence-corrected chi connectivity index (χ4v) is 2.46. The van der Waals surface area contributed by atoms with Crippen LogP contribution in [0.3, 0.4) is 0 Å². The standard InChI is InChI=1S/C21H19N3O2/c1-15-8-10-19(26-2)17(12-15)9-11-20(25)24-18-13-22-21(23-14-18)16-6-4-3-5-7-16/h3-14H,1-2H3,(H,24,25). The van der Waals surface area contributed by atoms with Gasteiger partial charge in [0.25, 0.3) is 0 Å². The van der Waals surface area contributed by atoms with Crippen molar-refractivity contribution in [2.75, 3.05) is 12.4 Å². The summed E-state index contributed by atoms with van der Waals surface area (Å²) in [4.78, 5) is 20.7. The number of anilines is 1. The zero-order valence-electron chi connectivity index (χ0n) is 14.6. The van der Waals surface area contributed by atoms with Crippen LogP contribution in [-0.2, 0) is 4.79 Å². The third-order valence-corrected chi connectivity index (χ3v) is 3.75. The number of hydrogen-bond donors (Lipinski definition) is 1. The van der Waals surface area contributed by atoms with Crippen LogP contribution in [0.5, 0.6) is 5.75 Å². The lowest BCUT2D eigenvalue weighted by molar-refractivity contribution is -0.111. The number of amides is 1. The minimum absolute atomic E-state index is 0.260. The molecule has 1 aromatic heterocycles. The minimum atomic E-state index is -0.260. The van der Waals surface area contributed by atoms with Gasteiger partial charge >= 0.3 is 0 Å². The van der Waals surface area contributed by atoms with E-state index in [9.17, 15) is 4.79 Å². The maximum atomic E-state index is 12.1. The SMILES string of the molecule is COc1ccc(C)cc1C=CC(=O)Nc1cnc(-c2ccccc2)nc1. The van der Waals surface area contributed by atoms with Gasteiger partial charge in [-0.25, -0.2) is 9.97 Å². The predicted octanol–water partition coefficient (Wildman–Crippen LogP) is 4.11. The molecule has 0 bridgehead atoms. The Morgan fingerprint density at radius 3 is 2.50 bits per heavy atom. The fraction of sp³-hybridized carbons (Fsp3) is 0.0952. The number of rotatable bonds is 5. The zero-order valence-corrected chi connectivity index (χ0v) is 14.6. The van der Waals surface area contributed by atoms with E-state index in [0.29, 0.717) is 11.5 Å². The molecule has 3 rings (SSSR count). The lowest BCUT2D eigenvalue weighted by Crippen LogP contribution is -2.08. The molecule has 0 aliphatic carbocycles. The number of nitrogens with zero attached hydrogens (tertiary/aromatic N) is 2. The molecule has 0 aliphatic rings. The van der Waals surface area contributed by atoms with Crippen LogP contribution in [0, 0.1) is 6.92 Å². The monoisotopic (exact) mass is 345 g/mol. The Labute approximate surface area is 152 Å². The van der Waals surface area contributed by atoms with Gasteiger partial charge in [0, 0.05) is 17.2 Å². The van der Waals surface area contributed by atoms with Crippen LogP contribution in [0.15, 0.2) is 67.0 Å². The number of carbonyl (C=O) groups is 1. The van der Waals surface area contributed by atoms with Crippen LogP contribution in [0.25, 0.3) is 17.5 Å². The van der Waals surface area contributed by atoms with Gasteiger partial charge in [0.15, 0.2) is 5.82 Å². The summed E-state index contributed by atoms with van der Waals surface area (Å²) in [6.45, 7) is 1.99. The van der Waals surface area contributed by atoms with Gasteiger partial charge in [-0.2, -0.15) is 0 Å². The fourth-order valence-electron chi connectivity index (χ4n) is 2.46. The largest absolute Gasteiger partial charge is 0.496 e. The average Bonchev–Trinajstić information content (AvgIpc) is 2.68. The summed E-state index contributed by atoms with van der Waals surface area (Å²) in [5.74, 6) is 1.07. The molecular formula is C21H19N3O2. The molecule has 5 nitrogen and oxygen atoms in total. The summed E-state index contributed by atoms with van der Waals surface area (Å²) in [5.41, 5.74) is 3.40. The summed E-state index contributed by atoms with van der Waals surface area (Å²) in [6, 6.07) is 15.5. The molecule has 0 radical (unpaired) electrons. The topological polar surface area (TPSA) is 64.1 Å². The van der Waals surface area contributed by atoms with Gasteiger partial charge in [-0.15, -0.1) is 0 Å². The minimum Gasteiger partial charge on any atom is -0.496 e. The molecule has 0 atom stereocenters. The number of carbonyl (C=O) groups excluding carboxylic acids is 1. The summed E-state index contributed by atoms with van der Waals surface area (Å²) < 4.78 is 5.30. The molecule has 0 unspecified atom stereocenters. The van der Waals surface area contributed by atoms with Gasteiger partial charge in [-0.05, 0) is 25.1 Å². The van der Waals surface area contributed by atoms with Crippen molar-refractivity contribution in [2.45, 2.75) is 6.92 Å². The molecule has 3 aromatic rings. The van der Waals surface area contributed by atoms with Crippen molar-refractivity contribution in [3.63, 3.8) is 0 Å². The number of ether oxygens (including phenoxy) is 1. The second-order valence-electron chi connectivity index (χ2n) is 5.73. The third kappa shape index (κ3) is 4.33. The first-order chi connectivity index (χ1) is 12.7. The van der Waals surface area contributed by atoms with Gasteiger partial charge in [-0.1, -0.05) is 42.0 Å².